The predicted octanol–water partition coefficient (Wildman–Crippen LogP) is 1.56. The summed E-state index contributed by atoms with van der Waals surface area (Å²) < 4.78 is 37.7. The van der Waals surface area contributed by atoms with Crippen LogP contribution in [0.1, 0.15) is 5.56 Å². The molecule has 2 nitrogen and oxygen atoms in total. The van der Waals surface area contributed by atoms with Gasteiger partial charge in [0.2, 0.25) is 0 Å². The lowest BCUT2D eigenvalue weighted by molar-refractivity contribution is 0.495. The number of nitriles is 1. The van der Waals surface area contributed by atoms with E-state index in [1.165, 1.54) is 6.07 Å². The number of halogens is 3. The van der Waals surface area contributed by atoms with Crippen molar-refractivity contribution >= 4 is 5.69 Å². The van der Waals surface area contributed by atoms with Gasteiger partial charge in [-0.1, -0.05) is 0 Å². The van der Waals surface area contributed by atoms with E-state index >= 15 is 0 Å². The van der Waals surface area contributed by atoms with Gasteiger partial charge in [-0.15, -0.1) is 0 Å². The zero-order valence-corrected chi connectivity index (χ0v) is 5.74. The van der Waals surface area contributed by atoms with Crippen LogP contribution in [0.25, 0.3) is 0 Å². The molecule has 0 bridgehead atoms. The van der Waals surface area contributed by atoms with Gasteiger partial charge in [0.25, 0.3) is 0 Å². The number of nitrogens with zero attached hydrogens (tertiary/aromatic N) is 1. The van der Waals surface area contributed by atoms with Crippen molar-refractivity contribution in [2.75, 3.05) is 5.73 Å². The summed E-state index contributed by atoms with van der Waals surface area (Å²) >= 11 is 0. The third-order valence-electron chi connectivity index (χ3n) is 1.30. The Balaban J connectivity index is 3.54. The fraction of sp³-hybridized carbons (Fsp3) is 0. The normalized spacial score (nSPS) is 9.50. The van der Waals surface area contributed by atoms with E-state index in [4.69, 9.17) is 11.0 Å². The van der Waals surface area contributed by atoms with E-state index in [2.05, 4.69) is 0 Å². The molecule has 0 fully saturated rings. The standard InChI is InChI=1S/C7H3F3N2/c8-4-1-5(12)7(10)6(9)3(4)2-11/h1H,12H2. The van der Waals surface area contributed by atoms with Crippen molar-refractivity contribution in [3.63, 3.8) is 0 Å². The zero-order chi connectivity index (χ0) is 9.30. The highest BCUT2D eigenvalue weighted by Gasteiger charge is 2.16. The number of hydrogen-bond donors (Lipinski definition) is 1. The third-order valence-corrected chi connectivity index (χ3v) is 1.30. The molecule has 0 amide bonds. The van der Waals surface area contributed by atoms with Gasteiger partial charge in [-0.3, -0.25) is 0 Å². The molecule has 0 aliphatic rings. The minimum atomic E-state index is -1.55. The Kier molecular flexibility index (Phi) is 1.92. The first-order valence-electron chi connectivity index (χ1n) is 2.91. The first-order chi connectivity index (χ1) is 5.57. The Morgan fingerprint density at radius 1 is 1.25 bits per heavy atom. The first kappa shape index (κ1) is 8.40. The van der Waals surface area contributed by atoms with E-state index in [1.54, 1.807) is 0 Å². The smallest absolute Gasteiger partial charge is 0.183 e. The third kappa shape index (κ3) is 1.07. The van der Waals surface area contributed by atoms with Crippen molar-refractivity contribution < 1.29 is 13.2 Å². The minimum Gasteiger partial charge on any atom is -0.396 e. The largest absolute Gasteiger partial charge is 0.396 e. The van der Waals surface area contributed by atoms with Gasteiger partial charge < -0.3 is 5.73 Å². The SMILES string of the molecule is N#Cc1c(F)cc(N)c(F)c1F. The van der Waals surface area contributed by atoms with Crippen LogP contribution >= 0.6 is 0 Å². The molecule has 0 radical (unpaired) electrons. The van der Waals surface area contributed by atoms with Crippen LogP contribution in [-0.2, 0) is 0 Å². The molecule has 0 heterocycles. The van der Waals surface area contributed by atoms with Crippen molar-refractivity contribution in [2.24, 2.45) is 0 Å². The number of nitrogen functional groups attached to an aromatic ring is 1. The van der Waals surface area contributed by atoms with Crippen molar-refractivity contribution in [3.05, 3.63) is 29.1 Å². The van der Waals surface area contributed by atoms with Crippen LogP contribution in [0.2, 0.25) is 0 Å². The molecule has 5 heteroatoms. The summed E-state index contributed by atoms with van der Waals surface area (Å²) in [6.45, 7) is 0. The molecule has 62 valence electrons. The second-order valence-electron chi connectivity index (χ2n) is 2.06. The Hall–Kier alpha value is -1.70. The van der Waals surface area contributed by atoms with Crippen molar-refractivity contribution in [1.82, 2.24) is 0 Å². The summed E-state index contributed by atoms with van der Waals surface area (Å²) in [7, 11) is 0. The minimum absolute atomic E-state index is 0.566. The number of anilines is 1. The molecule has 1 aromatic carbocycles. The molecule has 0 aliphatic carbocycles. The molecule has 0 unspecified atom stereocenters. The van der Waals surface area contributed by atoms with E-state index in [9.17, 15) is 13.2 Å². The Morgan fingerprint density at radius 3 is 2.33 bits per heavy atom. The maximum Gasteiger partial charge on any atom is 0.183 e. The number of benzene rings is 1. The number of hydrogen-bond acceptors (Lipinski definition) is 2. The van der Waals surface area contributed by atoms with Crippen LogP contribution in [-0.4, -0.2) is 0 Å². The second-order valence-corrected chi connectivity index (χ2v) is 2.06. The topological polar surface area (TPSA) is 49.8 Å². The van der Waals surface area contributed by atoms with Gasteiger partial charge in [0.1, 0.15) is 17.4 Å². The average molecular weight is 172 g/mol. The lowest BCUT2D eigenvalue weighted by atomic mass is 10.2. The Bertz CT molecular complexity index is 368. The van der Waals surface area contributed by atoms with Crippen LogP contribution in [0, 0.1) is 28.8 Å². The summed E-state index contributed by atoms with van der Waals surface area (Å²) in [4.78, 5) is 0. The van der Waals surface area contributed by atoms with Crippen molar-refractivity contribution in [1.29, 1.82) is 5.26 Å². The van der Waals surface area contributed by atoms with E-state index in [0.29, 0.717) is 6.07 Å². The quantitative estimate of drug-likeness (QED) is 0.476. The summed E-state index contributed by atoms with van der Waals surface area (Å²) in [6, 6.07) is 1.75. The van der Waals surface area contributed by atoms with Crippen LogP contribution < -0.4 is 5.73 Å². The van der Waals surface area contributed by atoms with Crippen LogP contribution in [0.5, 0.6) is 0 Å². The Labute approximate surface area is 66.0 Å². The molecular formula is C7H3F3N2. The monoisotopic (exact) mass is 172 g/mol. The molecule has 0 saturated carbocycles. The summed E-state index contributed by atoms with van der Waals surface area (Å²) in [5.41, 5.74) is 3.27. The molecule has 2 N–H and O–H groups in total. The highest BCUT2D eigenvalue weighted by molar-refractivity contribution is 5.46. The molecule has 1 rings (SSSR count). The molecular weight excluding hydrogens is 169 g/mol. The summed E-state index contributed by atoms with van der Waals surface area (Å²) in [5, 5.41) is 8.18. The molecule has 0 atom stereocenters. The van der Waals surface area contributed by atoms with Gasteiger partial charge in [0.15, 0.2) is 11.6 Å². The predicted molar refractivity (Wildman–Crippen MR) is 35.4 cm³/mol. The van der Waals surface area contributed by atoms with E-state index < -0.39 is 28.7 Å². The van der Waals surface area contributed by atoms with Crippen molar-refractivity contribution in [3.8, 4) is 6.07 Å². The molecule has 0 saturated heterocycles. The molecule has 12 heavy (non-hydrogen) atoms. The highest BCUT2D eigenvalue weighted by Crippen LogP contribution is 2.20. The lowest BCUT2D eigenvalue weighted by Gasteiger charge is -2.00. The molecule has 0 aromatic heterocycles. The molecule has 0 aliphatic heterocycles. The number of rotatable bonds is 0. The van der Waals surface area contributed by atoms with E-state index in [-0.39, 0.29) is 0 Å². The number of nitrogens with two attached hydrogens (primary N) is 1. The van der Waals surface area contributed by atoms with Crippen LogP contribution in [0.4, 0.5) is 18.9 Å². The molecule has 1 aromatic rings. The fourth-order valence-corrected chi connectivity index (χ4v) is 0.716. The molecule has 0 spiro atoms. The van der Waals surface area contributed by atoms with Gasteiger partial charge in [-0.2, -0.15) is 5.26 Å². The zero-order valence-electron chi connectivity index (χ0n) is 5.74. The van der Waals surface area contributed by atoms with Gasteiger partial charge in [0, 0.05) is 6.07 Å². The summed E-state index contributed by atoms with van der Waals surface area (Å²) in [6.07, 6.45) is 0. The lowest BCUT2D eigenvalue weighted by Crippen LogP contribution is -2.00. The first-order valence-corrected chi connectivity index (χ1v) is 2.91. The fourth-order valence-electron chi connectivity index (χ4n) is 0.716. The van der Waals surface area contributed by atoms with Crippen molar-refractivity contribution in [2.45, 2.75) is 0 Å². The van der Waals surface area contributed by atoms with Gasteiger partial charge in [-0.05, 0) is 0 Å². The van der Waals surface area contributed by atoms with E-state index in [1.807, 2.05) is 0 Å². The summed E-state index contributed by atoms with van der Waals surface area (Å²) in [5.74, 6) is -4.10. The highest BCUT2D eigenvalue weighted by atomic mass is 19.2. The van der Waals surface area contributed by atoms with Gasteiger partial charge in [0.05, 0.1) is 5.69 Å². The van der Waals surface area contributed by atoms with Crippen LogP contribution in [0.3, 0.4) is 0 Å². The maximum absolute atomic E-state index is 12.6. The maximum atomic E-state index is 12.6. The van der Waals surface area contributed by atoms with Gasteiger partial charge in [-0.25, -0.2) is 13.2 Å². The average Bonchev–Trinajstić information content (AvgIpc) is 2.01. The van der Waals surface area contributed by atoms with Gasteiger partial charge >= 0.3 is 0 Å². The van der Waals surface area contributed by atoms with E-state index in [0.717, 1.165) is 0 Å². The Morgan fingerprint density at radius 2 is 1.83 bits per heavy atom. The van der Waals surface area contributed by atoms with Crippen LogP contribution in [0.15, 0.2) is 6.07 Å². The second kappa shape index (κ2) is 2.74.